The maximum Gasteiger partial charge on any atom is 0.319 e. The first kappa shape index (κ1) is 22.4. The van der Waals surface area contributed by atoms with Gasteiger partial charge in [0, 0.05) is 17.6 Å². The van der Waals surface area contributed by atoms with Crippen LogP contribution in [-0.4, -0.2) is 36.2 Å². The molecule has 1 heterocycles. The molecule has 0 saturated heterocycles. The second kappa shape index (κ2) is 8.97. The fourth-order valence-electron chi connectivity index (χ4n) is 3.81. The molecule has 1 saturated carbocycles. The maximum atomic E-state index is 12.5. The van der Waals surface area contributed by atoms with Crippen molar-refractivity contribution in [1.82, 2.24) is 10.3 Å². The Morgan fingerprint density at radius 1 is 1.06 bits per heavy atom. The van der Waals surface area contributed by atoms with Gasteiger partial charge in [-0.15, -0.1) is 0 Å². The van der Waals surface area contributed by atoms with Gasteiger partial charge in [-0.25, -0.2) is 0 Å². The first-order chi connectivity index (χ1) is 15.9. The molecule has 4 rings (SSSR count). The lowest BCUT2D eigenvalue weighted by atomic mass is 10.0. The Labute approximate surface area is 191 Å². The van der Waals surface area contributed by atoms with E-state index in [1.165, 1.54) is 0 Å². The molecule has 1 atom stereocenters. The number of rotatable bonds is 9. The second-order valence-corrected chi connectivity index (χ2v) is 8.03. The summed E-state index contributed by atoms with van der Waals surface area (Å²) < 4.78 is 16.9. The number of methoxy groups -OCH3 is 2. The zero-order chi connectivity index (χ0) is 23.6. The number of carboxylic acids is 1. The lowest BCUT2D eigenvalue weighted by molar-refractivity contribution is -0.149. The Balaban J connectivity index is 1.53. The van der Waals surface area contributed by atoms with Crippen LogP contribution in [0.25, 0.3) is 10.9 Å². The average molecular weight is 450 g/mol. The Bertz CT molecular complexity index is 1190. The van der Waals surface area contributed by atoms with E-state index >= 15 is 0 Å². The Kier molecular flexibility index (Phi) is 6.09. The van der Waals surface area contributed by atoms with Crippen LogP contribution in [0.3, 0.4) is 0 Å². The minimum Gasteiger partial charge on any atom is -0.493 e. The third-order valence-corrected chi connectivity index (χ3v) is 6.02. The van der Waals surface area contributed by atoms with Crippen molar-refractivity contribution in [2.24, 2.45) is 5.41 Å². The molecule has 0 aliphatic heterocycles. The van der Waals surface area contributed by atoms with E-state index in [0.29, 0.717) is 47.8 Å². The molecule has 1 aliphatic rings. The SMILES string of the molecule is CC[C@H](NC(=O)C1(C(=O)O)CC1)c1ccc(Oc2ccnc3cc(OC)c(OC)cc23)cc1. The topological polar surface area (TPSA) is 107 Å². The van der Waals surface area contributed by atoms with Crippen molar-refractivity contribution < 1.29 is 28.9 Å². The van der Waals surface area contributed by atoms with Gasteiger partial charge in [-0.05, 0) is 49.1 Å². The first-order valence-electron chi connectivity index (χ1n) is 10.7. The number of carbonyl (C=O) groups is 2. The monoisotopic (exact) mass is 450 g/mol. The van der Waals surface area contributed by atoms with Crippen molar-refractivity contribution in [3.8, 4) is 23.0 Å². The number of fused-ring (bicyclic) bond motifs is 1. The summed E-state index contributed by atoms with van der Waals surface area (Å²) in [5, 5.41) is 13.0. The number of amides is 1. The summed E-state index contributed by atoms with van der Waals surface area (Å²) in [4.78, 5) is 28.3. The van der Waals surface area contributed by atoms with Crippen molar-refractivity contribution in [2.75, 3.05) is 14.2 Å². The minimum absolute atomic E-state index is 0.276. The number of ether oxygens (including phenoxy) is 3. The molecule has 172 valence electrons. The fraction of sp³-hybridized carbons (Fsp3) is 0.320. The number of nitrogens with zero attached hydrogens (tertiary/aromatic N) is 1. The van der Waals surface area contributed by atoms with E-state index in [2.05, 4.69) is 10.3 Å². The van der Waals surface area contributed by atoms with Gasteiger partial charge in [0.15, 0.2) is 11.5 Å². The van der Waals surface area contributed by atoms with Crippen LogP contribution in [0.15, 0.2) is 48.7 Å². The van der Waals surface area contributed by atoms with Crippen LogP contribution in [0.5, 0.6) is 23.0 Å². The normalized spacial score (nSPS) is 14.9. The Hall–Kier alpha value is -3.81. The molecule has 8 nitrogen and oxygen atoms in total. The molecular formula is C25H26N2O6. The predicted octanol–water partition coefficient (Wildman–Crippen LogP) is 4.48. The largest absolute Gasteiger partial charge is 0.493 e. The number of hydrogen-bond acceptors (Lipinski definition) is 6. The molecule has 3 aromatic rings. The molecule has 0 spiro atoms. The molecule has 1 amide bonds. The summed E-state index contributed by atoms with van der Waals surface area (Å²) in [7, 11) is 3.15. The van der Waals surface area contributed by atoms with E-state index in [4.69, 9.17) is 14.2 Å². The molecule has 2 aromatic carbocycles. The number of hydrogen-bond donors (Lipinski definition) is 2. The van der Waals surface area contributed by atoms with Crippen molar-refractivity contribution >= 4 is 22.8 Å². The van der Waals surface area contributed by atoms with Crippen molar-refractivity contribution in [1.29, 1.82) is 0 Å². The molecule has 0 bridgehead atoms. The van der Waals surface area contributed by atoms with Crippen LogP contribution >= 0.6 is 0 Å². The summed E-state index contributed by atoms with van der Waals surface area (Å²) in [6, 6.07) is 12.5. The number of aliphatic carboxylic acids is 1. The molecule has 1 aromatic heterocycles. The third kappa shape index (κ3) is 4.28. The van der Waals surface area contributed by atoms with Gasteiger partial charge in [-0.3, -0.25) is 14.6 Å². The van der Waals surface area contributed by atoms with Crippen LogP contribution in [0.2, 0.25) is 0 Å². The lowest BCUT2D eigenvalue weighted by Gasteiger charge is -2.20. The van der Waals surface area contributed by atoms with E-state index < -0.39 is 17.3 Å². The Morgan fingerprint density at radius 2 is 1.73 bits per heavy atom. The van der Waals surface area contributed by atoms with E-state index in [0.717, 1.165) is 10.9 Å². The molecular weight excluding hydrogens is 424 g/mol. The van der Waals surface area contributed by atoms with Crippen LogP contribution in [0, 0.1) is 5.41 Å². The quantitative estimate of drug-likeness (QED) is 0.463. The fourth-order valence-corrected chi connectivity index (χ4v) is 3.81. The third-order valence-electron chi connectivity index (χ3n) is 6.02. The van der Waals surface area contributed by atoms with Crippen molar-refractivity contribution in [3.63, 3.8) is 0 Å². The zero-order valence-electron chi connectivity index (χ0n) is 18.8. The summed E-state index contributed by atoms with van der Waals surface area (Å²) >= 11 is 0. The molecule has 33 heavy (non-hydrogen) atoms. The summed E-state index contributed by atoms with van der Waals surface area (Å²) in [5.41, 5.74) is 0.330. The van der Waals surface area contributed by atoms with Gasteiger partial charge in [-0.1, -0.05) is 19.1 Å². The van der Waals surface area contributed by atoms with Gasteiger partial charge < -0.3 is 24.6 Å². The van der Waals surface area contributed by atoms with Gasteiger partial charge in [-0.2, -0.15) is 0 Å². The highest BCUT2D eigenvalue weighted by Gasteiger charge is 2.57. The van der Waals surface area contributed by atoms with Crippen LogP contribution in [0.4, 0.5) is 0 Å². The summed E-state index contributed by atoms with van der Waals surface area (Å²) in [6.45, 7) is 1.94. The lowest BCUT2D eigenvalue weighted by Crippen LogP contribution is -2.39. The standard InChI is InChI=1S/C25H26N2O6/c1-4-18(27-23(28)25(10-11-25)24(29)30)15-5-7-16(8-6-15)33-20-9-12-26-19-14-22(32-3)21(31-2)13-17(19)20/h5-9,12-14,18H,4,10-11H2,1-3H3,(H,27,28)(H,29,30)/t18-/m0/s1. The van der Waals surface area contributed by atoms with E-state index in [1.807, 2.05) is 37.3 Å². The first-order valence-corrected chi connectivity index (χ1v) is 10.7. The summed E-state index contributed by atoms with van der Waals surface area (Å²) in [6.07, 6.45) is 3.07. The van der Waals surface area contributed by atoms with E-state index in [1.54, 1.807) is 32.5 Å². The van der Waals surface area contributed by atoms with Gasteiger partial charge in [0.25, 0.3) is 0 Å². The van der Waals surface area contributed by atoms with E-state index in [9.17, 15) is 14.7 Å². The number of carboxylic acid groups (broad SMARTS) is 1. The molecule has 8 heteroatoms. The smallest absolute Gasteiger partial charge is 0.319 e. The molecule has 1 aliphatic carbocycles. The van der Waals surface area contributed by atoms with Gasteiger partial charge in [0.2, 0.25) is 5.91 Å². The highest BCUT2D eigenvalue weighted by molar-refractivity contribution is 6.05. The van der Waals surface area contributed by atoms with Crippen LogP contribution in [0.1, 0.15) is 37.8 Å². The summed E-state index contributed by atoms with van der Waals surface area (Å²) in [5.74, 6) is 0.918. The maximum absolute atomic E-state index is 12.5. The number of pyridine rings is 1. The number of carbonyl (C=O) groups excluding carboxylic acids is 1. The van der Waals surface area contributed by atoms with Crippen molar-refractivity contribution in [2.45, 2.75) is 32.2 Å². The number of nitrogens with one attached hydrogen (secondary N) is 1. The number of aromatic nitrogens is 1. The highest BCUT2D eigenvalue weighted by atomic mass is 16.5. The Morgan fingerprint density at radius 3 is 2.30 bits per heavy atom. The van der Waals surface area contributed by atoms with Gasteiger partial charge in [0.1, 0.15) is 16.9 Å². The molecule has 2 N–H and O–H groups in total. The average Bonchev–Trinajstić information content (AvgIpc) is 3.65. The molecule has 1 fully saturated rings. The number of benzene rings is 2. The molecule has 0 radical (unpaired) electrons. The highest BCUT2D eigenvalue weighted by Crippen LogP contribution is 2.46. The zero-order valence-corrected chi connectivity index (χ0v) is 18.8. The van der Waals surface area contributed by atoms with E-state index in [-0.39, 0.29) is 6.04 Å². The van der Waals surface area contributed by atoms with Crippen molar-refractivity contribution in [3.05, 3.63) is 54.2 Å². The van der Waals surface area contributed by atoms with Crippen LogP contribution < -0.4 is 19.5 Å². The predicted molar refractivity (Wildman–Crippen MR) is 122 cm³/mol. The van der Waals surface area contributed by atoms with Gasteiger partial charge >= 0.3 is 5.97 Å². The van der Waals surface area contributed by atoms with Crippen LogP contribution in [-0.2, 0) is 9.59 Å². The second-order valence-electron chi connectivity index (χ2n) is 8.03. The molecule has 0 unspecified atom stereocenters. The minimum atomic E-state index is -1.26. The van der Waals surface area contributed by atoms with Gasteiger partial charge in [0.05, 0.1) is 25.8 Å².